The highest BCUT2D eigenvalue weighted by Crippen LogP contribution is 2.06. The Kier molecular flexibility index (Phi) is 6.80. The van der Waals surface area contributed by atoms with Gasteiger partial charge in [0.2, 0.25) is 0 Å². The number of rotatable bonds is 9. The van der Waals surface area contributed by atoms with E-state index in [0.717, 1.165) is 22.7 Å². The Hall–Kier alpha value is -1.44. The maximum Gasteiger partial charge on any atom is 0.322 e. The molecule has 0 radical (unpaired) electrons. The topological polar surface area (TPSA) is 86.7 Å². The van der Waals surface area contributed by atoms with Gasteiger partial charge in [0.25, 0.3) is 10.2 Å². The maximum atomic E-state index is 12.1. The summed E-state index contributed by atoms with van der Waals surface area (Å²) in [4.78, 5) is 11.3. The van der Waals surface area contributed by atoms with Gasteiger partial charge in [-0.25, -0.2) is 0 Å². The molecule has 0 aliphatic rings. The lowest BCUT2D eigenvalue weighted by Gasteiger charge is -2.21. The van der Waals surface area contributed by atoms with Gasteiger partial charge in [0.15, 0.2) is 0 Å². The summed E-state index contributed by atoms with van der Waals surface area (Å²) in [5.74, 6) is -1.19. The number of unbranched alkanes of at least 4 members (excludes halogenated alkanes) is 1. The summed E-state index contributed by atoms with van der Waals surface area (Å²) in [5.41, 5.74) is 0.767. The number of aliphatic carboxylic acids is 1. The number of carbonyl (C=O) groups is 1. The van der Waals surface area contributed by atoms with Crippen molar-refractivity contribution >= 4 is 16.2 Å². The molecule has 21 heavy (non-hydrogen) atoms. The molecule has 0 aliphatic carbocycles. The van der Waals surface area contributed by atoms with Gasteiger partial charge in [-0.2, -0.15) is 17.4 Å². The van der Waals surface area contributed by atoms with Crippen molar-refractivity contribution in [2.24, 2.45) is 0 Å². The molecule has 1 rings (SSSR count). The van der Waals surface area contributed by atoms with E-state index in [9.17, 15) is 18.3 Å². The maximum absolute atomic E-state index is 12.1. The van der Waals surface area contributed by atoms with E-state index in [-0.39, 0.29) is 6.42 Å². The zero-order valence-electron chi connectivity index (χ0n) is 12.3. The van der Waals surface area contributed by atoms with E-state index < -0.39 is 22.2 Å². The van der Waals surface area contributed by atoms with Crippen molar-refractivity contribution in [3.05, 3.63) is 35.9 Å². The summed E-state index contributed by atoms with van der Waals surface area (Å²) >= 11 is 0. The number of hydrogen-bond acceptors (Lipinski definition) is 3. The highest BCUT2D eigenvalue weighted by Gasteiger charge is 2.26. The minimum Gasteiger partial charge on any atom is -0.480 e. The summed E-state index contributed by atoms with van der Waals surface area (Å²) in [6, 6.07) is 7.76. The Morgan fingerprint density at radius 1 is 1.33 bits per heavy atom. The molecule has 0 unspecified atom stereocenters. The smallest absolute Gasteiger partial charge is 0.322 e. The molecule has 2 N–H and O–H groups in total. The Balaban J connectivity index is 2.76. The molecule has 0 aliphatic heterocycles. The Bertz CT molecular complexity index is 545. The summed E-state index contributed by atoms with van der Waals surface area (Å²) in [5, 5.41) is 9.21. The molecule has 0 spiro atoms. The van der Waals surface area contributed by atoms with Crippen molar-refractivity contribution in [3.8, 4) is 0 Å². The van der Waals surface area contributed by atoms with Crippen molar-refractivity contribution in [1.29, 1.82) is 0 Å². The Labute approximate surface area is 126 Å². The lowest BCUT2D eigenvalue weighted by molar-refractivity contribution is -0.138. The first kappa shape index (κ1) is 17.6. The number of carboxylic acids is 1. The van der Waals surface area contributed by atoms with Crippen LogP contribution in [0.2, 0.25) is 0 Å². The second-order valence-electron chi connectivity index (χ2n) is 4.88. The van der Waals surface area contributed by atoms with Crippen LogP contribution in [0.15, 0.2) is 30.3 Å². The molecule has 0 heterocycles. The summed E-state index contributed by atoms with van der Waals surface area (Å²) in [6.45, 7) is 2.33. The van der Waals surface area contributed by atoms with E-state index >= 15 is 0 Å². The third-order valence-electron chi connectivity index (χ3n) is 3.11. The largest absolute Gasteiger partial charge is 0.480 e. The van der Waals surface area contributed by atoms with Gasteiger partial charge in [-0.3, -0.25) is 4.79 Å². The first-order chi connectivity index (χ1) is 9.86. The van der Waals surface area contributed by atoms with Gasteiger partial charge in [-0.15, -0.1) is 0 Å². The predicted molar refractivity (Wildman–Crippen MR) is 81.2 cm³/mol. The van der Waals surface area contributed by atoms with Crippen molar-refractivity contribution in [1.82, 2.24) is 9.03 Å². The average Bonchev–Trinajstić information content (AvgIpc) is 2.44. The molecule has 0 saturated heterocycles. The molecule has 0 saturated carbocycles. The molecule has 118 valence electrons. The third kappa shape index (κ3) is 5.82. The van der Waals surface area contributed by atoms with E-state index in [1.165, 1.54) is 7.05 Å². The Morgan fingerprint density at radius 2 is 1.95 bits per heavy atom. The van der Waals surface area contributed by atoms with E-state index in [1.54, 1.807) is 24.3 Å². The molecule has 7 heteroatoms. The summed E-state index contributed by atoms with van der Waals surface area (Å²) in [6.07, 6.45) is 1.71. The highest BCUT2D eigenvalue weighted by molar-refractivity contribution is 7.87. The fourth-order valence-electron chi connectivity index (χ4n) is 1.80. The van der Waals surface area contributed by atoms with Gasteiger partial charge in [0.05, 0.1) is 0 Å². The van der Waals surface area contributed by atoms with Crippen molar-refractivity contribution in [2.45, 2.75) is 32.2 Å². The second-order valence-corrected chi connectivity index (χ2v) is 6.69. The lowest BCUT2D eigenvalue weighted by atomic mass is 10.1. The number of carboxylic acid groups (broad SMARTS) is 1. The fourth-order valence-corrected chi connectivity index (χ4v) is 2.89. The van der Waals surface area contributed by atoms with Crippen LogP contribution >= 0.6 is 0 Å². The van der Waals surface area contributed by atoms with Crippen molar-refractivity contribution < 1.29 is 18.3 Å². The van der Waals surface area contributed by atoms with Crippen LogP contribution in [0.25, 0.3) is 0 Å². The number of hydrogen-bond donors (Lipinski definition) is 2. The van der Waals surface area contributed by atoms with Crippen molar-refractivity contribution in [3.63, 3.8) is 0 Å². The average molecular weight is 314 g/mol. The van der Waals surface area contributed by atoms with Crippen LogP contribution in [0.3, 0.4) is 0 Å². The Morgan fingerprint density at radius 3 is 2.48 bits per heavy atom. The van der Waals surface area contributed by atoms with Crippen LogP contribution < -0.4 is 4.72 Å². The molecular weight excluding hydrogens is 292 g/mol. The van der Waals surface area contributed by atoms with Gasteiger partial charge in [-0.05, 0) is 18.4 Å². The normalized spacial score (nSPS) is 13.3. The minimum absolute atomic E-state index is 0.108. The second kappa shape index (κ2) is 8.11. The first-order valence-electron chi connectivity index (χ1n) is 6.87. The van der Waals surface area contributed by atoms with Gasteiger partial charge in [0, 0.05) is 13.6 Å². The first-order valence-corrected chi connectivity index (χ1v) is 8.31. The molecule has 0 bridgehead atoms. The monoisotopic (exact) mass is 314 g/mol. The molecule has 0 aromatic heterocycles. The minimum atomic E-state index is -3.79. The number of nitrogens with zero attached hydrogens (tertiary/aromatic N) is 1. The van der Waals surface area contributed by atoms with Crippen LogP contribution in [-0.4, -0.2) is 43.4 Å². The lowest BCUT2D eigenvalue weighted by Crippen LogP contribution is -2.48. The molecule has 1 aromatic carbocycles. The van der Waals surface area contributed by atoms with Crippen LogP contribution in [0.1, 0.15) is 25.3 Å². The number of benzene rings is 1. The van der Waals surface area contributed by atoms with E-state index in [0.29, 0.717) is 6.54 Å². The van der Waals surface area contributed by atoms with E-state index in [1.807, 2.05) is 13.0 Å². The van der Waals surface area contributed by atoms with Crippen LogP contribution in [0.4, 0.5) is 0 Å². The van der Waals surface area contributed by atoms with Gasteiger partial charge >= 0.3 is 5.97 Å². The SMILES string of the molecule is CCCCN(C)S(=O)(=O)N[C@H](Cc1ccccc1)C(=O)O. The number of nitrogens with one attached hydrogen (secondary N) is 1. The molecule has 1 aromatic rings. The third-order valence-corrected chi connectivity index (χ3v) is 4.69. The highest BCUT2D eigenvalue weighted by atomic mass is 32.2. The molecule has 0 amide bonds. The summed E-state index contributed by atoms with van der Waals surface area (Å²) in [7, 11) is -2.35. The van der Waals surface area contributed by atoms with Crippen molar-refractivity contribution in [2.75, 3.05) is 13.6 Å². The standard InChI is InChI=1S/C14H22N2O4S/c1-3-4-10-16(2)21(19,20)15-13(14(17)18)11-12-8-6-5-7-9-12/h5-9,13,15H,3-4,10-11H2,1-2H3,(H,17,18)/t13-/m1/s1. The van der Waals surface area contributed by atoms with E-state index in [2.05, 4.69) is 4.72 Å². The van der Waals surface area contributed by atoms with Crippen LogP contribution in [-0.2, 0) is 21.4 Å². The van der Waals surface area contributed by atoms with Gasteiger partial charge in [-0.1, -0.05) is 43.7 Å². The van der Waals surface area contributed by atoms with Crippen LogP contribution in [0, 0.1) is 0 Å². The quantitative estimate of drug-likeness (QED) is 0.718. The van der Waals surface area contributed by atoms with E-state index in [4.69, 9.17) is 0 Å². The fraction of sp³-hybridized carbons (Fsp3) is 0.500. The summed E-state index contributed by atoms with van der Waals surface area (Å²) < 4.78 is 27.6. The molecule has 1 atom stereocenters. The molecule has 0 fully saturated rings. The molecule has 6 nitrogen and oxygen atoms in total. The molecular formula is C14H22N2O4S. The predicted octanol–water partition coefficient (Wildman–Crippen LogP) is 1.25. The van der Waals surface area contributed by atoms with Gasteiger partial charge in [0.1, 0.15) is 6.04 Å². The van der Waals surface area contributed by atoms with Gasteiger partial charge < -0.3 is 5.11 Å². The zero-order valence-corrected chi connectivity index (χ0v) is 13.1. The zero-order chi connectivity index (χ0) is 15.9. The van der Waals surface area contributed by atoms with Crippen LogP contribution in [0.5, 0.6) is 0 Å².